The van der Waals surface area contributed by atoms with Gasteiger partial charge in [-0.1, -0.05) is 31.2 Å². The molecule has 0 amide bonds. The summed E-state index contributed by atoms with van der Waals surface area (Å²) in [5.41, 5.74) is 2.72. The quantitative estimate of drug-likeness (QED) is 0.706. The smallest absolute Gasteiger partial charge is 0.00463 e. The van der Waals surface area contributed by atoms with Crippen LogP contribution in [0.1, 0.15) is 25.0 Å². The first kappa shape index (κ1) is 11.3. The van der Waals surface area contributed by atoms with Crippen LogP contribution in [0.2, 0.25) is 0 Å². The number of hydrogen-bond donors (Lipinski definition) is 1. The van der Waals surface area contributed by atoms with Gasteiger partial charge < -0.3 is 0 Å². The number of benzene rings is 2. The first-order valence-electron chi connectivity index (χ1n) is 5.63. The van der Waals surface area contributed by atoms with Crippen LogP contribution in [0.15, 0.2) is 41.3 Å². The Morgan fingerprint density at radius 2 is 1.94 bits per heavy atom. The van der Waals surface area contributed by atoms with Gasteiger partial charge >= 0.3 is 0 Å². The van der Waals surface area contributed by atoms with Gasteiger partial charge in [0.05, 0.1) is 0 Å². The van der Waals surface area contributed by atoms with Crippen molar-refractivity contribution in [1.29, 1.82) is 0 Å². The summed E-state index contributed by atoms with van der Waals surface area (Å²) in [6.45, 7) is 4.25. The second-order valence-corrected chi connectivity index (χ2v) is 4.45. The summed E-state index contributed by atoms with van der Waals surface area (Å²) >= 11 is 4.38. The highest BCUT2D eigenvalue weighted by molar-refractivity contribution is 7.80. The van der Waals surface area contributed by atoms with E-state index in [-0.39, 0.29) is 0 Å². The molecule has 0 fully saturated rings. The molecule has 0 unspecified atom stereocenters. The van der Waals surface area contributed by atoms with Crippen LogP contribution in [0.5, 0.6) is 0 Å². The third kappa shape index (κ3) is 2.14. The molecule has 16 heavy (non-hydrogen) atoms. The lowest BCUT2D eigenvalue weighted by Gasteiger charge is -2.07. The van der Waals surface area contributed by atoms with Gasteiger partial charge in [0, 0.05) is 4.90 Å². The lowest BCUT2D eigenvalue weighted by Crippen LogP contribution is -1.87. The number of allylic oxidation sites excluding steroid dienone is 1. The van der Waals surface area contributed by atoms with Gasteiger partial charge in [-0.2, -0.15) is 0 Å². The highest BCUT2D eigenvalue weighted by atomic mass is 32.1. The van der Waals surface area contributed by atoms with Gasteiger partial charge in [-0.3, -0.25) is 0 Å². The fraction of sp³-hybridized carbons (Fsp3) is 0.200. The Morgan fingerprint density at radius 3 is 2.62 bits per heavy atom. The SMILES string of the molecule is C/C=C\c1cc2ccc(S)cc2cc1CC. The third-order valence-corrected chi connectivity index (χ3v) is 3.09. The van der Waals surface area contributed by atoms with Crippen LogP contribution in [0, 0.1) is 0 Å². The van der Waals surface area contributed by atoms with E-state index in [1.807, 2.05) is 6.07 Å². The van der Waals surface area contributed by atoms with E-state index in [1.165, 1.54) is 21.9 Å². The number of aryl methyl sites for hydroxylation is 1. The van der Waals surface area contributed by atoms with Gasteiger partial charge in [0.15, 0.2) is 0 Å². The molecule has 0 aliphatic carbocycles. The second kappa shape index (κ2) is 4.75. The van der Waals surface area contributed by atoms with Gasteiger partial charge in [0.2, 0.25) is 0 Å². The first-order valence-corrected chi connectivity index (χ1v) is 6.07. The molecule has 0 nitrogen and oxygen atoms in total. The average molecular weight is 228 g/mol. The minimum absolute atomic E-state index is 1.02. The molecule has 0 N–H and O–H groups in total. The Morgan fingerprint density at radius 1 is 1.12 bits per heavy atom. The molecule has 0 atom stereocenters. The van der Waals surface area contributed by atoms with Crippen molar-refractivity contribution in [3.8, 4) is 0 Å². The molecule has 0 heterocycles. The molecule has 0 aliphatic heterocycles. The van der Waals surface area contributed by atoms with Crippen LogP contribution < -0.4 is 0 Å². The molecule has 0 saturated heterocycles. The van der Waals surface area contributed by atoms with Crippen molar-refractivity contribution in [1.82, 2.24) is 0 Å². The zero-order chi connectivity index (χ0) is 11.5. The summed E-state index contributed by atoms with van der Waals surface area (Å²) in [4.78, 5) is 1.02. The maximum absolute atomic E-state index is 4.38. The largest absolute Gasteiger partial charge is 0.143 e. The van der Waals surface area contributed by atoms with E-state index < -0.39 is 0 Å². The molecule has 0 saturated carbocycles. The standard InChI is InChI=1S/C15H16S/c1-3-5-12-9-13-6-7-15(16)10-14(13)8-11(12)4-2/h3,5-10,16H,4H2,1-2H3/b5-3-. The molecule has 2 aromatic rings. The molecule has 0 spiro atoms. The Bertz CT molecular complexity index is 538. The van der Waals surface area contributed by atoms with E-state index in [0.717, 1.165) is 11.3 Å². The summed E-state index contributed by atoms with van der Waals surface area (Å²) in [6.07, 6.45) is 5.33. The van der Waals surface area contributed by atoms with E-state index in [9.17, 15) is 0 Å². The highest BCUT2D eigenvalue weighted by Crippen LogP contribution is 2.24. The van der Waals surface area contributed by atoms with Crippen molar-refractivity contribution in [2.45, 2.75) is 25.2 Å². The summed E-state index contributed by atoms with van der Waals surface area (Å²) < 4.78 is 0. The van der Waals surface area contributed by atoms with Gasteiger partial charge in [0.1, 0.15) is 0 Å². The predicted octanol–water partition coefficient (Wildman–Crippen LogP) is 4.72. The van der Waals surface area contributed by atoms with Crippen molar-refractivity contribution >= 4 is 29.5 Å². The predicted molar refractivity (Wildman–Crippen MR) is 75.3 cm³/mol. The van der Waals surface area contributed by atoms with Crippen LogP contribution in [0.3, 0.4) is 0 Å². The van der Waals surface area contributed by atoms with Gasteiger partial charge in [-0.15, -0.1) is 12.6 Å². The maximum Gasteiger partial charge on any atom is 0.00463 e. The lowest BCUT2D eigenvalue weighted by atomic mass is 9.99. The summed E-state index contributed by atoms with van der Waals surface area (Å²) in [5, 5.41) is 2.56. The number of hydrogen-bond acceptors (Lipinski definition) is 1. The topological polar surface area (TPSA) is 0 Å². The molecular weight excluding hydrogens is 212 g/mol. The number of fused-ring (bicyclic) bond motifs is 1. The van der Waals surface area contributed by atoms with Crippen molar-refractivity contribution < 1.29 is 0 Å². The minimum Gasteiger partial charge on any atom is -0.143 e. The molecule has 0 radical (unpaired) electrons. The van der Waals surface area contributed by atoms with E-state index in [2.05, 4.69) is 62.9 Å². The number of thiol groups is 1. The van der Waals surface area contributed by atoms with Crippen molar-refractivity contribution in [3.05, 3.63) is 47.5 Å². The summed E-state index contributed by atoms with van der Waals surface area (Å²) in [5.74, 6) is 0. The van der Waals surface area contributed by atoms with Gasteiger partial charge in [-0.05, 0) is 53.4 Å². The van der Waals surface area contributed by atoms with E-state index in [4.69, 9.17) is 0 Å². The monoisotopic (exact) mass is 228 g/mol. The fourth-order valence-electron chi connectivity index (χ4n) is 1.99. The summed E-state index contributed by atoms with van der Waals surface area (Å²) in [6, 6.07) is 10.8. The Hall–Kier alpha value is -1.21. The molecule has 0 aliphatic rings. The molecule has 2 aromatic carbocycles. The van der Waals surface area contributed by atoms with Crippen molar-refractivity contribution in [3.63, 3.8) is 0 Å². The van der Waals surface area contributed by atoms with E-state index >= 15 is 0 Å². The van der Waals surface area contributed by atoms with Gasteiger partial charge in [-0.25, -0.2) is 0 Å². The highest BCUT2D eigenvalue weighted by Gasteiger charge is 2.01. The van der Waals surface area contributed by atoms with Gasteiger partial charge in [0.25, 0.3) is 0 Å². The summed E-state index contributed by atoms with van der Waals surface area (Å²) in [7, 11) is 0. The number of rotatable bonds is 2. The van der Waals surface area contributed by atoms with Crippen molar-refractivity contribution in [2.24, 2.45) is 0 Å². The Labute approximate surface area is 102 Å². The third-order valence-electron chi connectivity index (χ3n) is 2.81. The van der Waals surface area contributed by atoms with Crippen LogP contribution in [0.25, 0.3) is 16.8 Å². The van der Waals surface area contributed by atoms with E-state index in [1.54, 1.807) is 0 Å². The van der Waals surface area contributed by atoms with Crippen LogP contribution in [0.4, 0.5) is 0 Å². The molecular formula is C15H16S. The Kier molecular flexibility index (Phi) is 3.35. The minimum atomic E-state index is 1.02. The molecule has 82 valence electrons. The zero-order valence-corrected chi connectivity index (χ0v) is 10.6. The Balaban J connectivity index is 2.69. The fourth-order valence-corrected chi connectivity index (χ4v) is 2.20. The normalized spacial score (nSPS) is 11.4. The van der Waals surface area contributed by atoms with Crippen molar-refractivity contribution in [2.75, 3.05) is 0 Å². The molecule has 1 heteroatoms. The molecule has 0 aromatic heterocycles. The first-order chi connectivity index (χ1) is 7.74. The zero-order valence-electron chi connectivity index (χ0n) is 9.70. The lowest BCUT2D eigenvalue weighted by molar-refractivity contribution is 1.14. The molecule has 0 bridgehead atoms. The van der Waals surface area contributed by atoms with Crippen LogP contribution >= 0.6 is 12.6 Å². The maximum atomic E-state index is 4.38. The van der Waals surface area contributed by atoms with E-state index in [0.29, 0.717) is 0 Å². The average Bonchev–Trinajstić information content (AvgIpc) is 2.29. The van der Waals surface area contributed by atoms with Crippen LogP contribution in [-0.2, 0) is 6.42 Å². The molecule has 2 rings (SSSR count). The second-order valence-electron chi connectivity index (χ2n) is 3.94. The van der Waals surface area contributed by atoms with Crippen LogP contribution in [-0.4, -0.2) is 0 Å².